The summed E-state index contributed by atoms with van der Waals surface area (Å²) < 4.78 is 5.41. The van der Waals surface area contributed by atoms with Crippen LogP contribution in [0.25, 0.3) is 0 Å². The molecule has 0 rings (SSSR count). The molecule has 0 aliphatic rings. The molecule has 0 bridgehead atoms. The molecule has 3 N–H and O–H groups in total. The molecule has 2 atom stereocenters. The van der Waals surface area contributed by atoms with Crippen molar-refractivity contribution < 1.29 is 24.5 Å². The van der Waals surface area contributed by atoms with Gasteiger partial charge in [0.15, 0.2) is 0 Å². The Kier molecular flexibility index (Phi) is 44.7. The second-order valence-electron chi connectivity index (χ2n) is 16.4. The molecule has 0 heterocycles. The lowest BCUT2D eigenvalue weighted by molar-refractivity contribution is -0.143. The summed E-state index contributed by atoms with van der Waals surface area (Å²) in [7, 11) is 0. The first-order valence-electron chi connectivity index (χ1n) is 24.4. The highest BCUT2D eigenvalue weighted by Gasteiger charge is 2.17. The SMILES string of the molecule is CCC/C=C\C/C=C\CCCCCCCC(=O)OCCCCCC/C=C\CCCC(=O)NC(CO)C(O)/C=C/CCCCCCCCCCCCCCCCCC. The van der Waals surface area contributed by atoms with E-state index in [1.807, 2.05) is 6.08 Å². The number of unbranched alkanes of at least 4 members (excludes halogenated alkanes) is 27. The van der Waals surface area contributed by atoms with Crippen molar-refractivity contribution in [2.45, 2.75) is 251 Å². The summed E-state index contributed by atoms with van der Waals surface area (Å²) >= 11 is 0. The molecule has 0 spiro atoms. The van der Waals surface area contributed by atoms with Crippen LogP contribution < -0.4 is 5.32 Å². The van der Waals surface area contributed by atoms with Crippen LogP contribution in [0.5, 0.6) is 0 Å². The zero-order valence-electron chi connectivity index (χ0n) is 37.6. The van der Waals surface area contributed by atoms with Crippen molar-refractivity contribution in [3.05, 3.63) is 48.6 Å². The van der Waals surface area contributed by atoms with Gasteiger partial charge in [0.2, 0.25) is 5.91 Å². The number of hydrogen-bond acceptors (Lipinski definition) is 5. The lowest BCUT2D eigenvalue weighted by atomic mass is 10.0. The van der Waals surface area contributed by atoms with Gasteiger partial charge in [-0.25, -0.2) is 0 Å². The van der Waals surface area contributed by atoms with Gasteiger partial charge in [-0.05, 0) is 77.0 Å². The molecule has 0 aromatic heterocycles. The summed E-state index contributed by atoms with van der Waals surface area (Å²) in [6, 6.07) is -0.667. The van der Waals surface area contributed by atoms with E-state index in [2.05, 4.69) is 55.6 Å². The summed E-state index contributed by atoms with van der Waals surface area (Å²) in [6.45, 7) is 4.73. The predicted molar refractivity (Wildman–Crippen MR) is 245 cm³/mol. The summed E-state index contributed by atoms with van der Waals surface area (Å²) in [5.74, 6) is -0.185. The van der Waals surface area contributed by atoms with E-state index in [4.69, 9.17) is 4.74 Å². The van der Waals surface area contributed by atoms with Crippen LogP contribution in [0.3, 0.4) is 0 Å². The Labute approximate surface area is 353 Å². The van der Waals surface area contributed by atoms with Crippen LogP contribution >= 0.6 is 0 Å². The number of hydrogen-bond donors (Lipinski definition) is 3. The minimum atomic E-state index is -0.877. The smallest absolute Gasteiger partial charge is 0.305 e. The van der Waals surface area contributed by atoms with Crippen LogP contribution in [0.4, 0.5) is 0 Å². The number of nitrogens with one attached hydrogen (secondary N) is 1. The fourth-order valence-electron chi connectivity index (χ4n) is 7.03. The van der Waals surface area contributed by atoms with E-state index in [-0.39, 0.29) is 18.5 Å². The Balaban J connectivity index is 3.61. The number of allylic oxidation sites excluding steroid dienone is 7. The van der Waals surface area contributed by atoms with Gasteiger partial charge in [0.05, 0.1) is 25.4 Å². The second-order valence-corrected chi connectivity index (χ2v) is 16.4. The van der Waals surface area contributed by atoms with Crippen LogP contribution in [-0.4, -0.2) is 47.4 Å². The van der Waals surface area contributed by atoms with E-state index in [0.717, 1.165) is 83.5 Å². The molecule has 1 amide bonds. The van der Waals surface area contributed by atoms with Crippen molar-refractivity contribution in [1.29, 1.82) is 0 Å². The normalized spacial score (nSPS) is 13.1. The van der Waals surface area contributed by atoms with Gasteiger partial charge in [0.25, 0.3) is 0 Å². The van der Waals surface area contributed by atoms with Crippen molar-refractivity contribution in [1.82, 2.24) is 5.32 Å². The van der Waals surface area contributed by atoms with Gasteiger partial charge >= 0.3 is 5.97 Å². The average Bonchev–Trinajstić information content (AvgIpc) is 3.21. The topological polar surface area (TPSA) is 95.9 Å². The monoisotopic (exact) mass is 800 g/mol. The fourth-order valence-corrected chi connectivity index (χ4v) is 7.03. The maximum atomic E-state index is 12.4. The van der Waals surface area contributed by atoms with Gasteiger partial charge in [-0.15, -0.1) is 0 Å². The average molecular weight is 800 g/mol. The molecule has 2 unspecified atom stereocenters. The minimum Gasteiger partial charge on any atom is -0.466 e. The summed E-state index contributed by atoms with van der Waals surface area (Å²) in [4.78, 5) is 24.4. The lowest BCUT2D eigenvalue weighted by Crippen LogP contribution is -2.45. The third-order valence-electron chi connectivity index (χ3n) is 10.8. The number of esters is 1. The van der Waals surface area contributed by atoms with Gasteiger partial charge in [-0.2, -0.15) is 0 Å². The van der Waals surface area contributed by atoms with E-state index >= 15 is 0 Å². The maximum absolute atomic E-state index is 12.4. The van der Waals surface area contributed by atoms with Crippen molar-refractivity contribution >= 4 is 11.9 Å². The van der Waals surface area contributed by atoms with Crippen LogP contribution in [0, 0.1) is 0 Å². The standard InChI is InChI=1S/C51H93NO5/c1-3-5-7-9-11-13-15-17-18-19-20-21-23-24-27-31-35-39-43-49(54)48(47-53)52-50(55)44-40-36-32-28-26-30-34-38-42-46-57-51(56)45-41-37-33-29-25-22-16-14-12-10-8-6-4-2/h8,10,14,16,28,32,39,43,48-49,53-54H,3-7,9,11-13,15,17-27,29-31,33-38,40-42,44-47H2,1-2H3,(H,52,55)/b10-8-,16-14-,32-28-,43-39+. The van der Waals surface area contributed by atoms with Crippen molar-refractivity contribution in [2.24, 2.45) is 0 Å². The molecular weight excluding hydrogens is 707 g/mol. The predicted octanol–water partition coefficient (Wildman–Crippen LogP) is 14.3. The molecule has 0 aromatic carbocycles. The third-order valence-corrected chi connectivity index (χ3v) is 10.8. The highest BCUT2D eigenvalue weighted by Crippen LogP contribution is 2.15. The number of ether oxygens (including phenoxy) is 1. The lowest BCUT2D eigenvalue weighted by Gasteiger charge is -2.19. The van der Waals surface area contributed by atoms with E-state index in [1.54, 1.807) is 6.08 Å². The number of aliphatic hydroxyl groups is 2. The molecule has 6 heteroatoms. The summed E-state index contributed by atoms with van der Waals surface area (Å²) in [5, 5.41) is 23.0. The first-order valence-corrected chi connectivity index (χ1v) is 24.4. The first kappa shape index (κ1) is 54.8. The zero-order valence-corrected chi connectivity index (χ0v) is 37.6. The molecule has 0 radical (unpaired) electrons. The second kappa shape index (κ2) is 46.5. The number of amides is 1. The van der Waals surface area contributed by atoms with Crippen molar-refractivity contribution in [3.8, 4) is 0 Å². The number of aliphatic hydroxyl groups excluding tert-OH is 2. The van der Waals surface area contributed by atoms with Gasteiger partial charge in [-0.1, -0.05) is 197 Å². The van der Waals surface area contributed by atoms with Crippen molar-refractivity contribution in [2.75, 3.05) is 13.2 Å². The highest BCUT2D eigenvalue weighted by molar-refractivity contribution is 5.76. The molecule has 0 aliphatic heterocycles. The molecule has 57 heavy (non-hydrogen) atoms. The molecule has 332 valence electrons. The molecule has 0 saturated heterocycles. The quantitative estimate of drug-likeness (QED) is 0.0324. The third kappa shape index (κ3) is 43.2. The Bertz CT molecular complexity index is 973. The summed E-state index contributed by atoms with van der Waals surface area (Å²) in [6.07, 6.45) is 56.8. The highest BCUT2D eigenvalue weighted by atomic mass is 16.5. The van der Waals surface area contributed by atoms with Gasteiger partial charge < -0.3 is 20.3 Å². The molecule has 6 nitrogen and oxygen atoms in total. The number of carbonyl (C=O) groups is 2. The van der Waals surface area contributed by atoms with Gasteiger partial charge in [-0.3, -0.25) is 9.59 Å². The Hall–Kier alpha value is -2.18. The van der Waals surface area contributed by atoms with E-state index in [1.165, 1.54) is 128 Å². The van der Waals surface area contributed by atoms with Crippen LogP contribution in [-0.2, 0) is 14.3 Å². The van der Waals surface area contributed by atoms with Crippen LogP contribution in [0.15, 0.2) is 48.6 Å². The minimum absolute atomic E-state index is 0.0542. The summed E-state index contributed by atoms with van der Waals surface area (Å²) in [5.41, 5.74) is 0. The molecule has 0 saturated carbocycles. The van der Waals surface area contributed by atoms with Crippen LogP contribution in [0.1, 0.15) is 239 Å². The largest absolute Gasteiger partial charge is 0.466 e. The molecule has 0 aliphatic carbocycles. The Morgan fingerprint density at radius 2 is 0.930 bits per heavy atom. The van der Waals surface area contributed by atoms with Crippen LogP contribution in [0.2, 0.25) is 0 Å². The zero-order chi connectivity index (χ0) is 41.5. The Morgan fingerprint density at radius 1 is 0.491 bits per heavy atom. The molecular formula is C51H93NO5. The van der Waals surface area contributed by atoms with Gasteiger partial charge in [0.1, 0.15) is 0 Å². The number of carbonyl (C=O) groups excluding carboxylic acids is 2. The maximum Gasteiger partial charge on any atom is 0.305 e. The number of rotatable bonds is 44. The van der Waals surface area contributed by atoms with Gasteiger partial charge in [0, 0.05) is 12.8 Å². The molecule has 0 aromatic rings. The van der Waals surface area contributed by atoms with Crippen molar-refractivity contribution in [3.63, 3.8) is 0 Å². The fraction of sp³-hybridized carbons (Fsp3) is 0.804. The van der Waals surface area contributed by atoms with E-state index in [9.17, 15) is 19.8 Å². The first-order chi connectivity index (χ1) is 28.0. The van der Waals surface area contributed by atoms with E-state index in [0.29, 0.717) is 19.4 Å². The van der Waals surface area contributed by atoms with E-state index < -0.39 is 12.1 Å². The Morgan fingerprint density at radius 3 is 1.46 bits per heavy atom. The molecule has 0 fully saturated rings.